The number of amides is 1. The predicted molar refractivity (Wildman–Crippen MR) is 55.5 cm³/mol. The molecule has 0 bridgehead atoms. The number of aromatic nitrogens is 2. The van der Waals surface area contributed by atoms with Crippen LogP contribution in [0.3, 0.4) is 0 Å². The van der Waals surface area contributed by atoms with E-state index in [-0.39, 0.29) is 0 Å². The van der Waals surface area contributed by atoms with E-state index in [1.165, 1.54) is 0 Å². The quantitative estimate of drug-likeness (QED) is 0.725. The monoisotopic (exact) mass is 209 g/mol. The van der Waals surface area contributed by atoms with Crippen LogP contribution in [0.1, 0.15) is 18.5 Å². The van der Waals surface area contributed by atoms with Gasteiger partial charge in [0, 0.05) is 25.0 Å². The zero-order chi connectivity index (χ0) is 10.5. The second kappa shape index (κ2) is 4.93. The Hall–Kier alpha value is -1.36. The fourth-order valence-corrected chi connectivity index (χ4v) is 1.86. The van der Waals surface area contributed by atoms with Crippen LogP contribution < -0.4 is 5.32 Å². The van der Waals surface area contributed by atoms with Gasteiger partial charge in [0.2, 0.25) is 6.41 Å². The first-order valence-electron chi connectivity index (χ1n) is 5.20. The molecule has 1 aromatic heterocycles. The second-order valence-electron chi connectivity index (χ2n) is 3.80. The summed E-state index contributed by atoms with van der Waals surface area (Å²) < 4.78 is 5.30. The van der Waals surface area contributed by atoms with E-state index in [2.05, 4.69) is 15.5 Å². The van der Waals surface area contributed by atoms with Gasteiger partial charge in [-0.1, -0.05) is 0 Å². The fourth-order valence-electron chi connectivity index (χ4n) is 1.86. The molecule has 1 amide bonds. The normalized spacial score (nSPS) is 17.6. The summed E-state index contributed by atoms with van der Waals surface area (Å²) in [6.07, 6.45) is 3.83. The number of rotatable bonds is 4. The highest BCUT2D eigenvalue weighted by molar-refractivity contribution is 5.68. The van der Waals surface area contributed by atoms with E-state index < -0.39 is 0 Å². The Morgan fingerprint density at radius 3 is 3.13 bits per heavy atom. The molecule has 0 aliphatic carbocycles. The number of ether oxygens (including phenoxy) is 1. The van der Waals surface area contributed by atoms with Crippen LogP contribution in [0.5, 0.6) is 0 Å². The molecule has 15 heavy (non-hydrogen) atoms. The van der Waals surface area contributed by atoms with Crippen molar-refractivity contribution in [3.05, 3.63) is 11.8 Å². The summed E-state index contributed by atoms with van der Waals surface area (Å²) in [5, 5.41) is 9.42. The smallest absolute Gasteiger partial charge is 0.212 e. The third-order valence-corrected chi connectivity index (χ3v) is 2.69. The van der Waals surface area contributed by atoms with Crippen molar-refractivity contribution >= 4 is 12.2 Å². The number of anilines is 1. The molecule has 82 valence electrons. The van der Waals surface area contributed by atoms with Crippen molar-refractivity contribution in [1.29, 1.82) is 0 Å². The fraction of sp³-hybridized carbons (Fsp3) is 0.600. The number of nitrogens with one attached hydrogen (secondary N) is 2. The van der Waals surface area contributed by atoms with Crippen molar-refractivity contribution in [2.75, 3.05) is 18.5 Å². The number of carbonyl (C=O) groups excluding carboxylic acids is 1. The van der Waals surface area contributed by atoms with Gasteiger partial charge in [0.15, 0.2) is 5.82 Å². The second-order valence-corrected chi connectivity index (χ2v) is 3.80. The maximum Gasteiger partial charge on any atom is 0.212 e. The highest BCUT2D eigenvalue weighted by Crippen LogP contribution is 2.19. The first kappa shape index (κ1) is 10.2. The maximum atomic E-state index is 10.2. The molecule has 1 aliphatic heterocycles. The highest BCUT2D eigenvalue weighted by atomic mass is 16.5. The largest absolute Gasteiger partial charge is 0.381 e. The lowest BCUT2D eigenvalue weighted by molar-refractivity contribution is -0.105. The summed E-state index contributed by atoms with van der Waals surface area (Å²) in [6.45, 7) is 1.72. The minimum Gasteiger partial charge on any atom is -0.381 e. The standard InChI is InChI=1S/C10H15N3O2/c14-7-11-10-6-9(12-13-10)5-8-1-3-15-4-2-8/h6-8H,1-5H2,(H2,11,12,13,14). The zero-order valence-electron chi connectivity index (χ0n) is 8.53. The molecule has 0 spiro atoms. The number of hydrogen-bond acceptors (Lipinski definition) is 3. The average Bonchev–Trinajstić information content (AvgIpc) is 2.68. The van der Waals surface area contributed by atoms with Gasteiger partial charge in [0.25, 0.3) is 0 Å². The molecule has 0 atom stereocenters. The summed E-state index contributed by atoms with van der Waals surface area (Å²) in [5.74, 6) is 1.26. The Bertz CT molecular complexity index is 318. The lowest BCUT2D eigenvalue weighted by Crippen LogP contribution is -2.17. The minimum absolute atomic E-state index is 0.590. The molecule has 0 radical (unpaired) electrons. The van der Waals surface area contributed by atoms with E-state index in [1.807, 2.05) is 6.07 Å². The zero-order valence-corrected chi connectivity index (χ0v) is 8.53. The molecule has 2 rings (SSSR count). The molecule has 2 N–H and O–H groups in total. The number of H-pyrrole nitrogens is 1. The molecule has 1 fully saturated rings. The van der Waals surface area contributed by atoms with Crippen molar-refractivity contribution in [3.63, 3.8) is 0 Å². The Morgan fingerprint density at radius 1 is 1.60 bits per heavy atom. The summed E-state index contributed by atoms with van der Waals surface area (Å²) in [4.78, 5) is 10.2. The molecular formula is C10H15N3O2. The topological polar surface area (TPSA) is 67.0 Å². The van der Waals surface area contributed by atoms with E-state index in [9.17, 15) is 4.79 Å². The SMILES string of the molecule is O=CNc1cc(CC2CCOCC2)[nH]n1. The first-order chi connectivity index (χ1) is 7.38. The van der Waals surface area contributed by atoms with Crippen LogP contribution in [0.2, 0.25) is 0 Å². The Labute approximate surface area is 88.2 Å². The molecule has 1 saturated heterocycles. The number of aromatic amines is 1. The summed E-state index contributed by atoms with van der Waals surface area (Å²) in [5.41, 5.74) is 1.08. The van der Waals surface area contributed by atoms with Gasteiger partial charge in [-0.15, -0.1) is 0 Å². The van der Waals surface area contributed by atoms with E-state index in [1.54, 1.807) is 0 Å². The lowest BCUT2D eigenvalue weighted by atomic mass is 9.95. The minimum atomic E-state index is 0.590. The van der Waals surface area contributed by atoms with Crippen LogP contribution in [0.4, 0.5) is 5.82 Å². The summed E-state index contributed by atoms with van der Waals surface area (Å²) in [6, 6.07) is 1.88. The van der Waals surface area contributed by atoms with E-state index in [0.29, 0.717) is 18.1 Å². The van der Waals surface area contributed by atoms with Crippen molar-refractivity contribution in [3.8, 4) is 0 Å². The van der Waals surface area contributed by atoms with Crippen LogP contribution >= 0.6 is 0 Å². The van der Waals surface area contributed by atoms with Gasteiger partial charge < -0.3 is 10.1 Å². The van der Waals surface area contributed by atoms with Crippen LogP contribution in [0.15, 0.2) is 6.07 Å². The Balaban J connectivity index is 1.88. The van der Waals surface area contributed by atoms with Crippen molar-refractivity contribution in [1.82, 2.24) is 10.2 Å². The molecule has 2 heterocycles. The Morgan fingerprint density at radius 2 is 2.40 bits per heavy atom. The maximum absolute atomic E-state index is 10.2. The average molecular weight is 209 g/mol. The Kier molecular flexibility index (Phi) is 3.34. The van der Waals surface area contributed by atoms with Gasteiger partial charge in [-0.25, -0.2) is 0 Å². The molecule has 0 unspecified atom stereocenters. The van der Waals surface area contributed by atoms with Crippen molar-refractivity contribution in [2.45, 2.75) is 19.3 Å². The van der Waals surface area contributed by atoms with Crippen LogP contribution in [-0.2, 0) is 16.0 Å². The molecular weight excluding hydrogens is 194 g/mol. The highest BCUT2D eigenvalue weighted by Gasteiger charge is 2.15. The third kappa shape index (κ3) is 2.79. The predicted octanol–water partition coefficient (Wildman–Crippen LogP) is 0.947. The van der Waals surface area contributed by atoms with Gasteiger partial charge in [-0.2, -0.15) is 5.10 Å². The van der Waals surface area contributed by atoms with Crippen LogP contribution in [-0.4, -0.2) is 29.8 Å². The van der Waals surface area contributed by atoms with Gasteiger partial charge in [-0.3, -0.25) is 9.89 Å². The molecule has 1 aliphatic rings. The van der Waals surface area contributed by atoms with E-state index in [4.69, 9.17) is 4.74 Å². The number of carbonyl (C=O) groups is 1. The number of hydrogen-bond donors (Lipinski definition) is 2. The molecule has 5 heteroatoms. The third-order valence-electron chi connectivity index (χ3n) is 2.69. The van der Waals surface area contributed by atoms with Crippen molar-refractivity contribution in [2.24, 2.45) is 5.92 Å². The first-order valence-corrected chi connectivity index (χ1v) is 5.20. The summed E-state index contributed by atoms with van der Waals surface area (Å²) in [7, 11) is 0. The van der Waals surface area contributed by atoms with Crippen LogP contribution in [0, 0.1) is 5.92 Å². The molecule has 0 saturated carbocycles. The molecule has 5 nitrogen and oxygen atoms in total. The van der Waals surface area contributed by atoms with Gasteiger partial charge in [-0.05, 0) is 25.2 Å². The lowest BCUT2D eigenvalue weighted by Gasteiger charge is -2.20. The molecule has 1 aromatic rings. The summed E-state index contributed by atoms with van der Waals surface area (Å²) >= 11 is 0. The number of nitrogens with zero attached hydrogens (tertiary/aromatic N) is 1. The van der Waals surface area contributed by atoms with Crippen LogP contribution in [0.25, 0.3) is 0 Å². The van der Waals surface area contributed by atoms with Crippen molar-refractivity contribution < 1.29 is 9.53 Å². The van der Waals surface area contributed by atoms with E-state index >= 15 is 0 Å². The van der Waals surface area contributed by atoms with Gasteiger partial charge in [0.1, 0.15) is 0 Å². The molecule has 0 aromatic carbocycles. The van der Waals surface area contributed by atoms with Gasteiger partial charge in [0.05, 0.1) is 0 Å². The van der Waals surface area contributed by atoms with E-state index in [0.717, 1.165) is 38.2 Å². The van der Waals surface area contributed by atoms with Gasteiger partial charge >= 0.3 is 0 Å².